The van der Waals surface area contributed by atoms with Crippen LogP contribution in [0, 0.1) is 10.1 Å². The highest BCUT2D eigenvalue weighted by molar-refractivity contribution is 5.70. The first-order valence-corrected chi connectivity index (χ1v) is 8.43. The molecule has 8 heteroatoms. The molecule has 0 aliphatic heterocycles. The summed E-state index contributed by atoms with van der Waals surface area (Å²) >= 11 is 0. The second-order valence-corrected chi connectivity index (χ2v) is 6.05. The highest BCUT2D eigenvalue weighted by atomic mass is 16.6. The quantitative estimate of drug-likeness (QED) is 0.503. The smallest absolute Gasteiger partial charge is 0.317 e. The van der Waals surface area contributed by atoms with E-state index in [0.717, 1.165) is 20.5 Å². The van der Waals surface area contributed by atoms with Crippen LogP contribution in [0.2, 0.25) is 0 Å². The molecule has 0 unspecified atom stereocenters. The summed E-state index contributed by atoms with van der Waals surface area (Å²) < 4.78 is 1.81. The van der Waals surface area contributed by atoms with Gasteiger partial charge in [0, 0.05) is 31.7 Å². The molecule has 0 bridgehead atoms. The van der Waals surface area contributed by atoms with Gasteiger partial charge < -0.3 is 4.90 Å². The fourth-order valence-corrected chi connectivity index (χ4v) is 2.85. The third kappa shape index (κ3) is 3.48. The monoisotopic (exact) mass is 378 g/mol. The summed E-state index contributed by atoms with van der Waals surface area (Å²) in [5, 5.41) is 11.5. The number of rotatable bonds is 5. The second-order valence-electron chi connectivity index (χ2n) is 6.05. The van der Waals surface area contributed by atoms with E-state index in [2.05, 4.69) is 0 Å². The summed E-state index contributed by atoms with van der Waals surface area (Å²) in [5.74, 6) is 0. The van der Waals surface area contributed by atoms with E-state index in [4.69, 9.17) is 0 Å². The minimum absolute atomic E-state index is 0.0741. The summed E-state index contributed by atoms with van der Waals surface area (Å²) in [7, 11) is 2.61. The number of para-hydroxylation sites is 2. The Hall–Kier alpha value is -3.94. The van der Waals surface area contributed by atoms with Gasteiger partial charge in [0.25, 0.3) is 0 Å². The van der Waals surface area contributed by atoms with E-state index in [1.54, 1.807) is 6.20 Å². The lowest BCUT2D eigenvalue weighted by atomic mass is 10.2. The minimum Gasteiger partial charge on any atom is -0.317 e. The van der Waals surface area contributed by atoms with Crippen LogP contribution in [0.1, 0.15) is 5.69 Å². The number of aromatic nitrogens is 2. The molecular weight excluding hydrogens is 360 g/mol. The van der Waals surface area contributed by atoms with Crippen LogP contribution in [0.3, 0.4) is 0 Å². The number of nitro groups is 1. The molecule has 0 saturated heterocycles. The predicted molar refractivity (Wildman–Crippen MR) is 108 cm³/mol. The van der Waals surface area contributed by atoms with Crippen LogP contribution >= 0.6 is 0 Å². The molecule has 142 valence electrons. The SMILES string of the molecule is Cn1c(/C=C/N(c2ccccc2)c2ccccc2)c([N+](=O)[O-])c(=O)n(C)c1=O. The van der Waals surface area contributed by atoms with E-state index in [-0.39, 0.29) is 5.69 Å². The molecule has 8 nitrogen and oxygen atoms in total. The Morgan fingerprint density at radius 2 is 1.39 bits per heavy atom. The molecule has 0 radical (unpaired) electrons. The van der Waals surface area contributed by atoms with Gasteiger partial charge in [-0.1, -0.05) is 36.4 Å². The maximum Gasteiger partial charge on any atom is 0.357 e. The lowest BCUT2D eigenvalue weighted by molar-refractivity contribution is -0.387. The lowest BCUT2D eigenvalue weighted by Gasteiger charge is -2.21. The van der Waals surface area contributed by atoms with E-state index in [1.807, 2.05) is 65.6 Å². The number of hydrogen-bond donors (Lipinski definition) is 0. The molecule has 0 saturated carbocycles. The van der Waals surface area contributed by atoms with Crippen molar-refractivity contribution in [1.82, 2.24) is 9.13 Å². The van der Waals surface area contributed by atoms with Gasteiger partial charge in [0.2, 0.25) is 0 Å². The van der Waals surface area contributed by atoms with E-state index in [9.17, 15) is 19.7 Å². The third-order valence-corrected chi connectivity index (χ3v) is 4.32. The van der Waals surface area contributed by atoms with Crippen molar-refractivity contribution in [3.05, 3.63) is 104 Å². The first-order chi connectivity index (χ1) is 13.4. The van der Waals surface area contributed by atoms with Crippen LogP contribution in [0.4, 0.5) is 17.1 Å². The summed E-state index contributed by atoms with van der Waals surface area (Å²) in [6, 6.07) is 18.8. The van der Waals surface area contributed by atoms with Gasteiger partial charge in [0.15, 0.2) is 0 Å². The zero-order chi connectivity index (χ0) is 20.3. The minimum atomic E-state index is -0.946. The molecule has 0 aliphatic rings. The highest BCUT2D eigenvalue weighted by Gasteiger charge is 2.24. The van der Waals surface area contributed by atoms with Crippen molar-refractivity contribution in [3.63, 3.8) is 0 Å². The third-order valence-electron chi connectivity index (χ3n) is 4.32. The summed E-state index contributed by atoms with van der Waals surface area (Å²) in [6.07, 6.45) is 3.01. The Morgan fingerprint density at radius 3 is 1.86 bits per heavy atom. The predicted octanol–water partition coefficient (Wildman–Crippen LogP) is 2.80. The maximum atomic E-state index is 12.2. The molecule has 28 heavy (non-hydrogen) atoms. The van der Waals surface area contributed by atoms with Gasteiger partial charge in [0.05, 0.1) is 4.92 Å². The summed E-state index contributed by atoms with van der Waals surface area (Å²) in [5.41, 5.74) is -0.667. The standard InChI is InChI=1S/C20H18N4O4/c1-21-17(18(24(27)28)19(25)22(2)20(21)26)13-14-23(15-9-5-3-6-10-15)16-11-7-4-8-12-16/h3-14H,1-2H3/b14-13+. The Labute approximate surface area is 160 Å². The molecule has 0 amide bonds. The van der Waals surface area contributed by atoms with Gasteiger partial charge in [0.1, 0.15) is 5.69 Å². The Balaban J connectivity index is 2.19. The van der Waals surface area contributed by atoms with E-state index in [1.165, 1.54) is 20.2 Å². The van der Waals surface area contributed by atoms with Crippen LogP contribution in [-0.2, 0) is 14.1 Å². The van der Waals surface area contributed by atoms with Crippen molar-refractivity contribution < 1.29 is 4.92 Å². The number of anilines is 2. The molecule has 0 spiro atoms. The second kappa shape index (κ2) is 7.75. The largest absolute Gasteiger partial charge is 0.357 e. The van der Waals surface area contributed by atoms with Gasteiger partial charge in [-0.05, 0) is 30.3 Å². The van der Waals surface area contributed by atoms with E-state index in [0.29, 0.717) is 0 Å². The molecule has 1 aromatic heterocycles. The van der Waals surface area contributed by atoms with Crippen molar-refractivity contribution in [2.45, 2.75) is 0 Å². The van der Waals surface area contributed by atoms with Gasteiger partial charge in [-0.25, -0.2) is 4.79 Å². The summed E-state index contributed by atoms with van der Waals surface area (Å²) in [6.45, 7) is 0. The fraction of sp³-hybridized carbons (Fsp3) is 0.100. The molecule has 3 aromatic rings. The highest BCUT2D eigenvalue weighted by Crippen LogP contribution is 2.26. The molecule has 3 rings (SSSR count). The molecule has 0 fully saturated rings. The number of hydrogen-bond acceptors (Lipinski definition) is 5. The normalized spacial score (nSPS) is 10.9. The Kier molecular flexibility index (Phi) is 5.21. The Morgan fingerprint density at radius 1 is 0.893 bits per heavy atom. The lowest BCUT2D eigenvalue weighted by Crippen LogP contribution is -2.39. The molecule has 0 aliphatic carbocycles. The average molecular weight is 378 g/mol. The maximum absolute atomic E-state index is 12.2. The fourth-order valence-electron chi connectivity index (χ4n) is 2.85. The molecule has 2 aromatic carbocycles. The van der Waals surface area contributed by atoms with E-state index >= 15 is 0 Å². The molecule has 0 atom stereocenters. The number of benzene rings is 2. The molecule has 1 heterocycles. The van der Waals surface area contributed by atoms with Gasteiger partial charge in [-0.2, -0.15) is 0 Å². The van der Waals surface area contributed by atoms with Gasteiger partial charge in [-0.15, -0.1) is 0 Å². The molecule has 0 N–H and O–H groups in total. The van der Waals surface area contributed by atoms with Gasteiger partial charge >= 0.3 is 16.9 Å². The van der Waals surface area contributed by atoms with Crippen LogP contribution in [0.15, 0.2) is 76.5 Å². The van der Waals surface area contributed by atoms with E-state index < -0.39 is 21.9 Å². The van der Waals surface area contributed by atoms with Crippen LogP contribution in [0.25, 0.3) is 6.08 Å². The van der Waals surface area contributed by atoms with Crippen molar-refractivity contribution in [3.8, 4) is 0 Å². The summed E-state index contributed by atoms with van der Waals surface area (Å²) in [4.78, 5) is 37.0. The first-order valence-electron chi connectivity index (χ1n) is 8.43. The van der Waals surface area contributed by atoms with Gasteiger partial charge in [-0.3, -0.25) is 24.0 Å². The van der Waals surface area contributed by atoms with Crippen molar-refractivity contribution >= 4 is 23.1 Å². The first kappa shape index (κ1) is 18.8. The van der Waals surface area contributed by atoms with Crippen LogP contribution < -0.4 is 16.1 Å². The van der Waals surface area contributed by atoms with Crippen molar-refractivity contribution in [1.29, 1.82) is 0 Å². The topological polar surface area (TPSA) is 90.4 Å². The number of nitrogens with zero attached hydrogens (tertiary/aromatic N) is 4. The Bertz CT molecular complexity index is 1110. The van der Waals surface area contributed by atoms with Crippen LogP contribution in [0.5, 0.6) is 0 Å². The zero-order valence-corrected chi connectivity index (χ0v) is 15.4. The molecular formula is C20H18N4O4. The van der Waals surface area contributed by atoms with Crippen LogP contribution in [-0.4, -0.2) is 14.1 Å². The van der Waals surface area contributed by atoms with Crippen molar-refractivity contribution in [2.75, 3.05) is 4.90 Å². The zero-order valence-electron chi connectivity index (χ0n) is 15.4. The van der Waals surface area contributed by atoms with Crippen molar-refractivity contribution in [2.24, 2.45) is 14.1 Å². The average Bonchev–Trinajstić information content (AvgIpc) is 2.71.